The van der Waals surface area contributed by atoms with Gasteiger partial charge in [-0.15, -0.1) is 22.7 Å². The number of aromatic nitrogens is 1. The second kappa shape index (κ2) is 6.61. The number of amides is 1. The average molecular weight is 350 g/mol. The molecule has 6 heteroatoms. The molecule has 0 spiro atoms. The van der Waals surface area contributed by atoms with E-state index in [0.717, 1.165) is 42.6 Å². The van der Waals surface area contributed by atoms with Gasteiger partial charge in [0, 0.05) is 42.1 Å². The lowest BCUT2D eigenvalue weighted by atomic mass is 9.89. The summed E-state index contributed by atoms with van der Waals surface area (Å²) in [6, 6.07) is 4.07. The summed E-state index contributed by atoms with van der Waals surface area (Å²) in [6.07, 6.45) is 3.00. The molecule has 23 heavy (non-hydrogen) atoms. The maximum atomic E-state index is 12.9. The summed E-state index contributed by atoms with van der Waals surface area (Å²) in [6.45, 7) is 9.49. The molecular weight excluding hydrogens is 326 g/mol. The molecule has 4 nitrogen and oxygen atoms in total. The molecule has 0 radical (unpaired) electrons. The van der Waals surface area contributed by atoms with Gasteiger partial charge in [-0.2, -0.15) is 0 Å². The van der Waals surface area contributed by atoms with Crippen molar-refractivity contribution in [1.82, 2.24) is 9.88 Å². The number of carbonyl (C=O) groups excluding carboxylic acids is 1. The van der Waals surface area contributed by atoms with Crippen molar-refractivity contribution in [3.8, 4) is 0 Å². The number of thiophene rings is 1. The molecule has 0 bridgehead atoms. The van der Waals surface area contributed by atoms with Gasteiger partial charge < -0.3 is 9.80 Å². The predicted octanol–water partition coefficient (Wildman–Crippen LogP) is 3.39. The topological polar surface area (TPSA) is 36.4 Å². The van der Waals surface area contributed by atoms with E-state index in [1.807, 2.05) is 36.4 Å². The predicted molar refractivity (Wildman–Crippen MR) is 97.6 cm³/mol. The van der Waals surface area contributed by atoms with E-state index in [0.29, 0.717) is 0 Å². The van der Waals surface area contributed by atoms with Crippen molar-refractivity contribution in [1.29, 1.82) is 0 Å². The second-order valence-electron chi connectivity index (χ2n) is 6.34. The number of hydrogen-bond donors (Lipinski definition) is 0. The van der Waals surface area contributed by atoms with Gasteiger partial charge in [0.15, 0.2) is 5.13 Å². The van der Waals surface area contributed by atoms with Crippen molar-refractivity contribution in [2.45, 2.75) is 32.6 Å². The number of thiazole rings is 1. The summed E-state index contributed by atoms with van der Waals surface area (Å²) < 4.78 is 0. The lowest BCUT2D eigenvalue weighted by Crippen LogP contribution is -2.53. The number of aryl methyl sites for hydroxylation is 1. The third-order valence-electron chi connectivity index (χ3n) is 4.40. The normalized spacial score (nSPS) is 16.0. The summed E-state index contributed by atoms with van der Waals surface area (Å²) >= 11 is 3.42. The number of hydrogen-bond acceptors (Lipinski definition) is 5. The number of piperazine rings is 1. The fraction of sp³-hybridized carbons (Fsp3) is 0.529. The van der Waals surface area contributed by atoms with Crippen LogP contribution in [0, 0.1) is 0 Å². The van der Waals surface area contributed by atoms with E-state index in [1.54, 1.807) is 22.7 Å². The monoisotopic (exact) mass is 349 g/mol. The SMILES string of the molecule is CCc1cnc(N2CCN(C(=O)C(C)(C)c3cccs3)CC2)s1. The van der Waals surface area contributed by atoms with Gasteiger partial charge in [-0.25, -0.2) is 4.98 Å². The molecule has 0 aliphatic carbocycles. The number of anilines is 1. The summed E-state index contributed by atoms with van der Waals surface area (Å²) in [4.78, 5) is 24.2. The van der Waals surface area contributed by atoms with Crippen LogP contribution in [0.15, 0.2) is 23.7 Å². The molecule has 0 N–H and O–H groups in total. The largest absolute Gasteiger partial charge is 0.345 e. The highest BCUT2D eigenvalue weighted by molar-refractivity contribution is 7.15. The third-order valence-corrected chi connectivity index (χ3v) is 6.80. The zero-order valence-electron chi connectivity index (χ0n) is 13.9. The third kappa shape index (κ3) is 3.28. The van der Waals surface area contributed by atoms with Crippen LogP contribution in [0.2, 0.25) is 0 Å². The first-order valence-electron chi connectivity index (χ1n) is 8.05. The lowest BCUT2D eigenvalue weighted by molar-refractivity contribution is -0.136. The van der Waals surface area contributed by atoms with E-state index in [4.69, 9.17) is 0 Å². The summed E-state index contributed by atoms with van der Waals surface area (Å²) in [5, 5.41) is 3.13. The van der Waals surface area contributed by atoms with Crippen LogP contribution >= 0.6 is 22.7 Å². The quantitative estimate of drug-likeness (QED) is 0.849. The Labute approximate surface area is 145 Å². The van der Waals surface area contributed by atoms with Gasteiger partial charge in [-0.05, 0) is 31.7 Å². The van der Waals surface area contributed by atoms with Gasteiger partial charge in [-0.1, -0.05) is 13.0 Å². The van der Waals surface area contributed by atoms with Crippen molar-refractivity contribution in [2.24, 2.45) is 0 Å². The lowest BCUT2D eigenvalue weighted by Gasteiger charge is -2.38. The van der Waals surface area contributed by atoms with Crippen LogP contribution in [0.4, 0.5) is 5.13 Å². The van der Waals surface area contributed by atoms with Crippen LogP contribution in [0.25, 0.3) is 0 Å². The minimum atomic E-state index is -0.438. The Morgan fingerprint density at radius 2 is 2.04 bits per heavy atom. The van der Waals surface area contributed by atoms with Crippen molar-refractivity contribution < 1.29 is 4.79 Å². The Bertz CT molecular complexity index is 655. The molecule has 0 unspecified atom stereocenters. The summed E-state index contributed by atoms with van der Waals surface area (Å²) in [5.74, 6) is 0.230. The Kier molecular flexibility index (Phi) is 4.73. The molecule has 1 aliphatic heterocycles. The number of carbonyl (C=O) groups is 1. The summed E-state index contributed by atoms with van der Waals surface area (Å²) in [7, 11) is 0. The minimum absolute atomic E-state index is 0.230. The highest BCUT2D eigenvalue weighted by atomic mass is 32.1. The van der Waals surface area contributed by atoms with Crippen LogP contribution in [-0.2, 0) is 16.6 Å². The first-order valence-corrected chi connectivity index (χ1v) is 9.75. The van der Waals surface area contributed by atoms with E-state index >= 15 is 0 Å². The minimum Gasteiger partial charge on any atom is -0.345 e. The molecule has 3 heterocycles. The van der Waals surface area contributed by atoms with E-state index in [1.165, 1.54) is 4.88 Å². The zero-order chi connectivity index (χ0) is 16.4. The molecule has 124 valence electrons. The molecule has 1 fully saturated rings. The van der Waals surface area contributed by atoms with Crippen LogP contribution in [0.3, 0.4) is 0 Å². The van der Waals surface area contributed by atoms with E-state index < -0.39 is 5.41 Å². The Morgan fingerprint density at radius 1 is 1.30 bits per heavy atom. The molecule has 0 saturated carbocycles. The van der Waals surface area contributed by atoms with Gasteiger partial charge in [0.05, 0.1) is 5.41 Å². The average Bonchev–Trinajstić information content (AvgIpc) is 3.25. The van der Waals surface area contributed by atoms with Crippen molar-refractivity contribution in [2.75, 3.05) is 31.1 Å². The van der Waals surface area contributed by atoms with Gasteiger partial charge in [0.1, 0.15) is 0 Å². The van der Waals surface area contributed by atoms with Crippen LogP contribution < -0.4 is 4.90 Å². The van der Waals surface area contributed by atoms with Crippen molar-refractivity contribution in [3.63, 3.8) is 0 Å². The zero-order valence-corrected chi connectivity index (χ0v) is 15.5. The molecule has 0 atom stereocenters. The smallest absolute Gasteiger partial charge is 0.233 e. The highest BCUT2D eigenvalue weighted by Crippen LogP contribution is 2.30. The van der Waals surface area contributed by atoms with Gasteiger partial charge >= 0.3 is 0 Å². The Morgan fingerprint density at radius 3 is 2.61 bits per heavy atom. The molecule has 2 aromatic heterocycles. The van der Waals surface area contributed by atoms with E-state index in [9.17, 15) is 4.79 Å². The number of nitrogens with zero attached hydrogens (tertiary/aromatic N) is 3. The van der Waals surface area contributed by atoms with Crippen molar-refractivity contribution in [3.05, 3.63) is 33.5 Å². The van der Waals surface area contributed by atoms with E-state index in [2.05, 4.69) is 22.9 Å². The molecule has 2 aromatic rings. The fourth-order valence-corrected chi connectivity index (χ4v) is 4.59. The highest BCUT2D eigenvalue weighted by Gasteiger charge is 2.36. The molecule has 1 amide bonds. The van der Waals surface area contributed by atoms with Gasteiger partial charge in [0.25, 0.3) is 0 Å². The Balaban J connectivity index is 1.63. The molecule has 1 aliphatic rings. The Hall–Kier alpha value is -1.40. The van der Waals surface area contributed by atoms with Crippen molar-refractivity contribution >= 4 is 33.7 Å². The van der Waals surface area contributed by atoms with Crippen LogP contribution in [-0.4, -0.2) is 42.0 Å². The maximum Gasteiger partial charge on any atom is 0.233 e. The van der Waals surface area contributed by atoms with Gasteiger partial charge in [0.2, 0.25) is 5.91 Å². The van der Waals surface area contributed by atoms with Gasteiger partial charge in [-0.3, -0.25) is 4.79 Å². The first-order chi connectivity index (χ1) is 11.0. The summed E-state index contributed by atoms with van der Waals surface area (Å²) in [5.41, 5.74) is -0.438. The fourth-order valence-electron chi connectivity index (χ4n) is 2.84. The van der Waals surface area contributed by atoms with E-state index in [-0.39, 0.29) is 5.91 Å². The standard InChI is InChI=1S/C17H23N3OS2/c1-4-13-12-18-16(23-13)20-9-7-19(8-10-20)15(21)17(2,3)14-6-5-11-22-14/h5-6,11-12H,4,7-10H2,1-3H3. The molecule has 0 aromatic carbocycles. The number of rotatable bonds is 4. The second-order valence-corrected chi connectivity index (χ2v) is 8.39. The van der Waals surface area contributed by atoms with Crippen LogP contribution in [0.5, 0.6) is 0 Å². The molecule has 3 rings (SSSR count). The van der Waals surface area contributed by atoms with Crippen LogP contribution in [0.1, 0.15) is 30.5 Å². The maximum absolute atomic E-state index is 12.9. The molecule has 1 saturated heterocycles. The molecular formula is C17H23N3OS2. The first kappa shape index (κ1) is 16.5.